The summed E-state index contributed by atoms with van der Waals surface area (Å²) in [6.45, 7) is 2.12. The molecule has 1 heterocycles. The van der Waals surface area contributed by atoms with Crippen molar-refractivity contribution in [1.29, 1.82) is 0 Å². The van der Waals surface area contributed by atoms with Crippen molar-refractivity contribution in [3.8, 4) is 0 Å². The van der Waals surface area contributed by atoms with E-state index in [1.165, 1.54) is 5.56 Å². The standard InChI is InChI=1S/C17H15ClN2O/c1-2-11-3-6-13(7-4-11)19-10-15-14-9-12(18)5-8-16(14)20-17(15)21/h3-10,19H,2H2,1H3,(H,20,21)/b15-10+. The number of carbonyl (C=O) groups excluding carboxylic acids is 1. The third-order valence-electron chi connectivity index (χ3n) is 3.51. The van der Waals surface area contributed by atoms with Gasteiger partial charge in [-0.05, 0) is 42.3 Å². The van der Waals surface area contributed by atoms with Gasteiger partial charge in [-0.1, -0.05) is 30.7 Å². The fourth-order valence-electron chi connectivity index (χ4n) is 2.30. The van der Waals surface area contributed by atoms with Crippen molar-refractivity contribution < 1.29 is 4.79 Å². The number of benzene rings is 2. The number of amides is 1. The summed E-state index contributed by atoms with van der Waals surface area (Å²) >= 11 is 6.00. The predicted molar refractivity (Wildman–Crippen MR) is 87.5 cm³/mol. The number of fused-ring (bicyclic) bond motifs is 1. The van der Waals surface area contributed by atoms with Gasteiger partial charge in [0.2, 0.25) is 0 Å². The molecule has 1 aliphatic heterocycles. The van der Waals surface area contributed by atoms with E-state index in [0.717, 1.165) is 23.4 Å². The highest BCUT2D eigenvalue weighted by molar-refractivity contribution is 6.34. The van der Waals surface area contributed by atoms with Crippen molar-refractivity contribution in [2.45, 2.75) is 13.3 Å². The fraction of sp³-hybridized carbons (Fsp3) is 0.118. The molecule has 2 aromatic rings. The van der Waals surface area contributed by atoms with Crippen LogP contribution >= 0.6 is 11.6 Å². The van der Waals surface area contributed by atoms with Gasteiger partial charge >= 0.3 is 0 Å². The number of nitrogens with one attached hydrogen (secondary N) is 2. The molecule has 0 radical (unpaired) electrons. The Hall–Kier alpha value is -2.26. The Morgan fingerprint density at radius 3 is 2.67 bits per heavy atom. The number of hydrogen-bond donors (Lipinski definition) is 2. The Balaban J connectivity index is 1.86. The zero-order valence-corrected chi connectivity index (χ0v) is 12.4. The lowest BCUT2D eigenvalue weighted by Crippen LogP contribution is -2.05. The largest absolute Gasteiger partial charge is 0.361 e. The highest BCUT2D eigenvalue weighted by Gasteiger charge is 2.24. The molecule has 0 atom stereocenters. The molecule has 0 bridgehead atoms. The molecular weight excluding hydrogens is 284 g/mol. The molecule has 0 saturated carbocycles. The highest BCUT2D eigenvalue weighted by atomic mass is 35.5. The second kappa shape index (κ2) is 5.62. The Morgan fingerprint density at radius 1 is 1.19 bits per heavy atom. The van der Waals surface area contributed by atoms with E-state index in [0.29, 0.717) is 10.6 Å². The first-order valence-electron chi connectivity index (χ1n) is 6.84. The second-order valence-corrected chi connectivity index (χ2v) is 5.33. The van der Waals surface area contributed by atoms with Gasteiger partial charge in [-0.25, -0.2) is 0 Å². The molecule has 0 aliphatic carbocycles. The average molecular weight is 299 g/mol. The van der Waals surface area contributed by atoms with Gasteiger partial charge in [0.25, 0.3) is 5.91 Å². The second-order valence-electron chi connectivity index (χ2n) is 4.90. The van der Waals surface area contributed by atoms with Crippen molar-refractivity contribution in [3.63, 3.8) is 0 Å². The summed E-state index contributed by atoms with van der Waals surface area (Å²) in [4.78, 5) is 12.0. The summed E-state index contributed by atoms with van der Waals surface area (Å²) in [6.07, 6.45) is 2.73. The molecule has 1 amide bonds. The van der Waals surface area contributed by atoms with Crippen LogP contribution in [-0.2, 0) is 11.2 Å². The summed E-state index contributed by atoms with van der Waals surface area (Å²) in [5.41, 5.74) is 4.43. The molecule has 0 aromatic heterocycles. The zero-order valence-electron chi connectivity index (χ0n) is 11.6. The number of halogens is 1. The Kier molecular flexibility index (Phi) is 3.67. The van der Waals surface area contributed by atoms with Crippen molar-refractivity contribution >= 4 is 34.5 Å². The van der Waals surface area contributed by atoms with Gasteiger partial charge in [-0.3, -0.25) is 4.79 Å². The Morgan fingerprint density at radius 2 is 1.95 bits per heavy atom. The maximum absolute atomic E-state index is 12.0. The third-order valence-corrected chi connectivity index (χ3v) is 3.75. The van der Waals surface area contributed by atoms with Crippen LogP contribution in [0.3, 0.4) is 0 Å². The lowest BCUT2D eigenvalue weighted by molar-refractivity contribution is -0.110. The minimum absolute atomic E-state index is 0.120. The Labute approximate surface area is 128 Å². The zero-order chi connectivity index (χ0) is 14.8. The van der Waals surface area contributed by atoms with Gasteiger partial charge < -0.3 is 10.6 Å². The molecule has 0 saturated heterocycles. The van der Waals surface area contributed by atoms with Gasteiger partial charge in [-0.15, -0.1) is 0 Å². The van der Waals surface area contributed by atoms with Crippen LogP contribution in [0.1, 0.15) is 18.1 Å². The molecular formula is C17H15ClN2O. The molecule has 106 valence electrons. The van der Waals surface area contributed by atoms with Gasteiger partial charge in [-0.2, -0.15) is 0 Å². The molecule has 0 unspecified atom stereocenters. The molecule has 4 heteroatoms. The molecule has 3 rings (SSSR count). The maximum atomic E-state index is 12.0. The number of carbonyl (C=O) groups is 1. The molecule has 0 fully saturated rings. The van der Waals surface area contributed by atoms with E-state index < -0.39 is 0 Å². The highest BCUT2D eigenvalue weighted by Crippen LogP contribution is 2.33. The van der Waals surface area contributed by atoms with Gasteiger partial charge in [0.05, 0.1) is 5.57 Å². The van der Waals surface area contributed by atoms with E-state index in [1.54, 1.807) is 18.3 Å². The summed E-state index contributed by atoms with van der Waals surface area (Å²) < 4.78 is 0. The average Bonchev–Trinajstić information content (AvgIpc) is 2.80. The van der Waals surface area contributed by atoms with Crippen LogP contribution in [0.2, 0.25) is 5.02 Å². The monoisotopic (exact) mass is 298 g/mol. The molecule has 3 nitrogen and oxygen atoms in total. The third kappa shape index (κ3) is 2.78. The van der Waals surface area contributed by atoms with Crippen LogP contribution < -0.4 is 10.6 Å². The van der Waals surface area contributed by atoms with Crippen molar-refractivity contribution in [1.82, 2.24) is 0 Å². The quantitative estimate of drug-likeness (QED) is 0.829. The van der Waals surface area contributed by atoms with Crippen LogP contribution in [0.15, 0.2) is 48.7 Å². The topological polar surface area (TPSA) is 41.1 Å². The number of anilines is 2. The van der Waals surface area contributed by atoms with E-state index in [-0.39, 0.29) is 5.91 Å². The lowest BCUT2D eigenvalue weighted by atomic mass is 10.1. The number of hydrogen-bond acceptors (Lipinski definition) is 2. The summed E-state index contributed by atoms with van der Waals surface area (Å²) in [5, 5.41) is 6.60. The summed E-state index contributed by atoms with van der Waals surface area (Å²) in [7, 11) is 0. The van der Waals surface area contributed by atoms with Crippen LogP contribution in [0.4, 0.5) is 11.4 Å². The summed E-state index contributed by atoms with van der Waals surface area (Å²) in [6, 6.07) is 13.5. The minimum atomic E-state index is -0.120. The first kappa shape index (κ1) is 13.7. The number of rotatable bonds is 3. The molecule has 0 spiro atoms. The minimum Gasteiger partial charge on any atom is -0.361 e. The summed E-state index contributed by atoms with van der Waals surface area (Å²) in [5.74, 6) is -0.120. The Bertz CT molecular complexity index is 720. The van der Waals surface area contributed by atoms with Gasteiger partial charge in [0.1, 0.15) is 0 Å². The van der Waals surface area contributed by atoms with Crippen molar-refractivity contribution in [3.05, 3.63) is 64.8 Å². The first-order chi connectivity index (χ1) is 10.2. The fourth-order valence-corrected chi connectivity index (χ4v) is 2.47. The normalized spacial score (nSPS) is 15.0. The molecule has 2 aromatic carbocycles. The van der Waals surface area contributed by atoms with E-state index in [2.05, 4.69) is 29.7 Å². The van der Waals surface area contributed by atoms with E-state index >= 15 is 0 Å². The van der Waals surface area contributed by atoms with Crippen molar-refractivity contribution in [2.24, 2.45) is 0 Å². The molecule has 21 heavy (non-hydrogen) atoms. The number of aryl methyl sites for hydroxylation is 1. The van der Waals surface area contributed by atoms with Crippen molar-refractivity contribution in [2.75, 3.05) is 10.6 Å². The maximum Gasteiger partial charge on any atom is 0.257 e. The molecule has 2 N–H and O–H groups in total. The van der Waals surface area contributed by atoms with Crippen LogP contribution in [0.5, 0.6) is 0 Å². The van der Waals surface area contributed by atoms with Crippen LogP contribution in [0, 0.1) is 0 Å². The molecule has 1 aliphatic rings. The van der Waals surface area contributed by atoms with E-state index in [1.807, 2.05) is 18.2 Å². The smallest absolute Gasteiger partial charge is 0.257 e. The lowest BCUT2D eigenvalue weighted by Gasteiger charge is -2.04. The first-order valence-corrected chi connectivity index (χ1v) is 7.22. The van der Waals surface area contributed by atoms with Gasteiger partial charge in [0, 0.05) is 28.2 Å². The van der Waals surface area contributed by atoms with E-state index in [4.69, 9.17) is 11.6 Å². The van der Waals surface area contributed by atoms with Crippen LogP contribution in [-0.4, -0.2) is 5.91 Å². The van der Waals surface area contributed by atoms with E-state index in [9.17, 15) is 4.79 Å². The van der Waals surface area contributed by atoms with Gasteiger partial charge in [0.15, 0.2) is 0 Å². The predicted octanol–water partition coefficient (Wildman–Crippen LogP) is 4.31. The SMILES string of the molecule is CCc1ccc(N/C=C2/C(=O)Nc3ccc(Cl)cc32)cc1. The van der Waals surface area contributed by atoms with Crippen LogP contribution in [0.25, 0.3) is 5.57 Å².